The van der Waals surface area contributed by atoms with Gasteiger partial charge in [0.05, 0.1) is 38.8 Å². The second-order valence-electron chi connectivity index (χ2n) is 13.8. The molecular weight excluding hydrogens is 633 g/mol. The van der Waals surface area contributed by atoms with Crippen LogP contribution in [0.2, 0.25) is 0 Å². The van der Waals surface area contributed by atoms with Gasteiger partial charge in [0, 0.05) is 43.3 Å². The fourth-order valence-electron chi connectivity index (χ4n) is 8.76. The van der Waals surface area contributed by atoms with Gasteiger partial charge in [-0.05, 0) is 64.4 Å². The zero-order valence-corrected chi connectivity index (χ0v) is 28.0. The second-order valence-corrected chi connectivity index (χ2v) is 13.8. The number of nitrogens with zero attached hydrogens (tertiary/aromatic N) is 4. The van der Waals surface area contributed by atoms with Crippen LogP contribution in [0.1, 0.15) is 0 Å². The highest BCUT2D eigenvalue weighted by Gasteiger charge is 2.25. The molecule has 0 bridgehead atoms. The largest absolute Gasteiger partial charge is 0.308 e. The van der Waals surface area contributed by atoms with Crippen LogP contribution >= 0.6 is 0 Å². The van der Waals surface area contributed by atoms with Crippen molar-refractivity contribution in [1.29, 1.82) is 0 Å². The first kappa shape index (κ1) is 27.7. The molecule has 0 N–H and O–H groups in total. The van der Waals surface area contributed by atoms with Crippen molar-refractivity contribution in [1.82, 2.24) is 18.9 Å². The molecule has 0 aliphatic rings. The quantitative estimate of drug-likeness (QED) is 0.189. The molecule has 4 heteroatoms. The molecule has 240 valence electrons. The van der Waals surface area contributed by atoms with Crippen LogP contribution in [-0.2, 0) is 0 Å². The summed E-state index contributed by atoms with van der Waals surface area (Å²) >= 11 is 0. The fraction of sp³-hybridized carbons (Fsp3) is 0. The van der Waals surface area contributed by atoms with Gasteiger partial charge >= 0.3 is 0 Å². The Hall–Kier alpha value is -7.04. The van der Waals surface area contributed by atoms with E-state index in [-0.39, 0.29) is 0 Å². The zero-order chi connectivity index (χ0) is 33.9. The van der Waals surface area contributed by atoms with Crippen molar-refractivity contribution in [3.63, 3.8) is 0 Å². The lowest BCUT2D eigenvalue weighted by Crippen LogP contribution is -2.03. The van der Waals surface area contributed by atoms with Gasteiger partial charge in [-0.2, -0.15) is 0 Å². The van der Waals surface area contributed by atoms with Crippen LogP contribution in [0.25, 0.3) is 110 Å². The van der Waals surface area contributed by atoms with Gasteiger partial charge in [0.15, 0.2) is 0 Å². The Kier molecular flexibility index (Phi) is 5.47. The van der Waals surface area contributed by atoms with Crippen molar-refractivity contribution in [2.75, 3.05) is 0 Å². The summed E-state index contributed by atoms with van der Waals surface area (Å²) in [5.41, 5.74) is 11.2. The molecule has 12 rings (SSSR count). The Bertz CT molecular complexity index is 3410. The summed E-state index contributed by atoms with van der Waals surface area (Å²) in [4.78, 5) is 10.8. The van der Waals surface area contributed by atoms with Crippen LogP contribution in [0.15, 0.2) is 170 Å². The monoisotopic (exact) mass is 660 g/mol. The van der Waals surface area contributed by atoms with Gasteiger partial charge < -0.3 is 4.40 Å². The maximum absolute atomic E-state index is 5.46. The average molecular weight is 661 g/mol. The topological polar surface area (TPSA) is 35.1 Å². The van der Waals surface area contributed by atoms with Crippen molar-refractivity contribution >= 4 is 81.6 Å². The molecule has 0 radical (unpaired) electrons. The Morgan fingerprint density at radius 3 is 1.90 bits per heavy atom. The molecule has 0 spiro atoms. The first-order chi connectivity index (χ1) is 25.8. The predicted octanol–water partition coefficient (Wildman–Crippen LogP) is 12.4. The van der Waals surface area contributed by atoms with Crippen molar-refractivity contribution in [3.8, 4) is 28.3 Å². The molecular formula is C48H28N4. The first-order valence-electron chi connectivity index (χ1n) is 17.8. The van der Waals surface area contributed by atoms with Crippen LogP contribution in [-0.4, -0.2) is 18.9 Å². The molecule has 0 amide bonds. The Morgan fingerprint density at radius 1 is 0.365 bits per heavy atom. The number of para-hydroxylation sites is 3. The summed E-state index contributed by atoms with van der Waals surface area (Å²) in [5.74, 6) is 0.666. The van der Waals surface area contributed by atoms with Gasteiger partial charge in [0.2, 0.25) is 5.95 Å². The molecule has 0 aliphatic heterocycles. The third-order valence-electron chi connectivity index (χ3n) is 11.0. The zero-order valence-electron chi connectivity index (χ0n) is 28.0. The van der Waals surface area contributed by atoms with E-state index in [2.05, 4.69) is 179 Å². The maximum Gasteiger partial charge on any atom is 0.235 e. The maximum atomic E-state index is 5.46. The van der Waals surface area contributed by atoms with Gasteiger partial charge in [-0.1, -0.05) is 127 Å². The predicted molar refractivity (Wildman–Crippen MR) is 217 cm³/mol. The van der Waals surface area contributed by atoms with Gasteiger partial charge in [-0.25, -0.2) is 9.97 Å². The van der Waals surface area contributed by atoms with E-state index in [0.717, 1.165) is 33.2 Å². The van der Waals surface area contributed by atoms with E-state index in [1.807, 2.05) is 0 Å². The van der Waals surface area contributed by atoms with E-state index in [1.54, 1.807) is 0 Å². The molecule has 0 aliphatic carbocycles. The van der Waals surface area contributed by atoms with Gasteiger partial charge in [-0.15, -0.1) is 0 Å². The van der Waals surface area contributed by atoms with Crippen molar-refractivity contribution in [3.05, 3.63) is 170 Å². The molecule has 0 fully saturated rings. The lowest BCUT2D eigenvalue weighted by atomic mass is 10.00. The third-order valence-corrected chi connectivity index (χ3v) is 11.0. The number of rotatable bonds is 3. The number of benzene rings is 8. The molecule has 0 unspecified atom stereocenters. The molecule has 4 heterocycles. The number of fused-ring (bicyclic) bond motifs is 12. The van der Waals surface area contributed by atoms with Crippen molar-refractivity contribution in [2.45, 2.75) is 0 Å². The lowest BCUT2D eigenvalue weighted by Gasteiger charge is -2.12. The highest BCUT2D eigenvalue weighted by Crippen LogP contribution is 2.47. The van der Waals surface area contributed by atoms with E-state index < -0.39 is 0 Å². The normalized spacial score (nSPS) is 12.2. The highest BCUT2D eigenvalue weighted by atomic mass is 15.2. The third kappa shape index (κ3) is 3.70. The Morgan fingerprint density at radius 2 is 1.04 bits per heavy atom. The second kappa shape index (κ2) is 10.3. The number of hydrogen-bond donors (Lipinski definition) is 0. The van der Waals surface area contributed by atoms with E-state index in [0.29, 0.717) is 5.95 Å². The molecule has 12 aromatic rings. The summed E-state index contributed by atoms with van der Waals surface area (Å²) in [6.45, 7) is 0. The SMILES string of the molecule is c1ccc(-c2ccc3c(c2)c2cc4c(c5ccccc5n4-c4nc(-c5ccc6ccccc6c5)c5ccccc5n4)c4c5ccccc5n3c24)cc1. The fourth-order valence-corrected chi connectivity index (χ4v) is 8.76. The average Bonchev–Trinajstić information content (AvgIpc) is 3.84. The summed E-state index contributed by atoms with van der Waals surface area (Å²) < 4.78 is 4.77. The summed E-state index contributed by atoms with van der Waals surface area (Å²) in [7, 11) is 0. The van der Waals surface area contributed by atoms with E-state index in [4.69, 9.17) is 9.97 Å². The van der Waals surface area contributed by atoms with Crippen LogP contribution in [0.3, 0.4) is 0 Å². The highest BCUT2D eigenvalue weighted by molar-refractivity contribution is 6.35. The standard InChI is InChI=1S/C48H28N4/c1-2-12-29(13-3-1)32-24-25-42-37(27-32)38-28-43-44(45-36-18-8-10-20-40(36)51(42)47(38)45)35-17-7-11-21-41(35)52(43)48-49-39-19-9-6-16-34(39)46(50-48)33-23-22-30-14-4-5-15-31(30)26-33/h1-28H. The number of hydrogen-bond acceptors (Lipinski definition) is 2. The van der Waals surface area contributed by atoms with E-state index in [1.165, 1.54) is 70.8 Å². The number of aromatic nitrogens is 4. The molecule has 0 saturated heterocycles. The molecule has 52 heavy (non-hydrogen) atoms. The first-order valence-corrected chi connectivity index (χ1v) is 17.8. The van der Waals surface area contributed by atoms with Crippen LogP contribution in [0.4, 0.5) is 0 Å². The molecule has 4 nitrogen and oxygen atoms in total. The lowest BCUT2D eigenvalue weighted by molar-refractivity contribution is 1.01. The van der Waals surface area contributed by atoms with E-state index >= 15 is 0 Å². The molecule has 4 aromatic heterocycles. The van der Waals surface area contributed by atoms with Crippen LogP contribution in [0.5, 0.6) is 0 Å². The Balaban J connectivity index is 1.24. The van der Waals surface area contributed by atoms with Crippen molar-refractivity contribution < 1.29 is 0 Å². The van der Waals surface area contributed by atoms with E-state index in [9.17, 15) is 0 Å². The Labute approximate surface area is 297 Å². The minimum Gasteiger partial charge on any atom is -0.308 e. The molecule has 0 saturated carbocycles. The van der Waals surface area contributed by atoms with Gasteiger partial charge in [0.25, 0.3) is 0 Å². The minimum absolute atomic E-state index is 0.666. The smallest absolute Gasteiger partial charge is 0.235 e. The summed E-state index contributed by atoms with van der Waals surface area (Å²) in [6.07, 6.45) is 0. The minimum atomic E-state index is 0.666. The van der Waals surface area contributed by atoms with Gasteiger partial charge in [-0.3, -0.25) is 4.57 Å². The summed E-state index contributed by atoms with van der Waals surface area (Å²) in [6, 6.07) is 61.1. The molecule has 0 atom stereocenters. The van der Waals surface area contributed by atoms with Crippen LogP contribution in [0, 0.1) is 0 Å². The molecule has 8 aromatic carbocycles. The van der Waals surface area contributed by atoms with Gasteiger partial charge in [0.1, 0.15) is 0 Å². The van der Waals surface area contributed by atoms with Crippen molar-refractivity contribution in [2.24, 2.45) is 0 Å². The van der Waals surface area contributed by atoms with Crippen LogP contribution < -0.4 is 0 Å². The summed E-state index contributed by atoms with van der Waals surface area (Å²) in [5, 5.41) is 10.8.